The highest BCUT2D eigenvalue weighted by atomic mass is 79.9. The van der Waals surface area contributed by atoms with Gasteiger partial charge in [-0.3, -0.25) is 0 Å². The van der Waals surface area contributed by atoms with Crippen LogP contribution in [0.5, 0.6) is 5.75 Å². The second kappa shape index (κ2) is 2.58. The highest BCUT2D eigenvalue weighted by molar-refractivity contribution is 9.10. The predicted molar refractivity (Wildman–Crippen MR) is 39.7 cm³/mol. The van der Waals surface area contributed by atoms with Gasteiger partial charge in [0.25, 0.3) is 0 Å². The van der Waals surface area contributed by atoms with Crippen LogP contribution < -0.4 is 0 Å². The summed E-state index contributed by atoms with van der Waals surface area (Å²) in [5.41, 5.74) is 0. The number of phenols is 1. The number of hydrogen-bond donors (Lipinski definition) is 1. The Morgan fingerprint density at radius 3 is 2.78 bits per heavy atom. The lowest BCUT2D eigenvalue weighted by molar-refractivity contribution is 0.474. The zero-order chi connectivity index (χ0) is 6.85. The Bertz CT molecular complexity index is 224. The largest absolute Gasteiger partial charge is 0.506 e. The van der Waals surface area contributed by atoms with E-state index < -0.39 is 0 Å². The molecule has 0 amide bonds. The van der Waals surface area contributed by atoms with E-state index in [2.05, 4.69) is 22.0 Å². The summed E-state index contributed by atoms with van der Waals surface area (Å²) < 4.78 is 0.810. The SMILES string of the molecule is Oc1[c]cc(Br)cc1Cl. The summed E-state index contributed by atoms with van der Waals surface area (Å²) in [5.74, 6) is -0.0140. The molecule has 0 saturated heterocycles. The predicted octanol–water partition coefficient (Wildman–Crippen LogP) is 2.61. The molecule has 0 saturated carbocycles. The molecule has 47 valence electrons. The lowest BCUT2D eigenvalue weighted by Crippen LogP contribution is -1.67. The number of phenolic OH excluding ortho intramolecular Hbond substituents is 1. The number of rotatable bonds is 0. The van der Waals surface area contributed by atoms with Crippen LogP contribution in [0.15, 0.2) is 16.6 Å². The van der Waals surface area contributed by atoms with Gasteiger partial charge in [-0.15, -0.1) is 0 Å². The summed E-state index contributed by atoms with van der Waals surface area (Å²) in [6, 6.07) is 5.75. The van der Waals surface area contributed by atoms with Gasteiger partial charge in [-0.25, -0.2) is 0 Å². The summed E-state index contributed by atoms with van der Waals surface area (Å²) in [5, 5.41) is 9.14. The van der Waals surface area contributed by atoms with Crippen molar-refractivity contribution in [3.8, 4) is 5.75 Å². The van der Waals surface area contributed by atoms with Gasteiger partial charge in [-0.1, -0.05) is 27.5 Å². The molecule has 1 N–H and O–H groups in total. The topological polar surface area (TPSA) is 20.2 Å². The van der Waals surface area contributed by atoms with E-state index in [9.17, 15) is 0 Å². The fourth-order valence-corrected chi connectivity index (χ4v) is 1.08. The van der Waals surface area contributed by atoms with E-state index in [1.54, 1.807) is 12.1 Å². The fraction of sp³-hybridized carbons (Fsp3) is 0. The van der Waals surface area contributed by atoms with Crippen molar-refractivity contribution in [2.75, 3.05) is 0 Å². The van der Waals surface area contributed by atoms with E-state index in [-0.39, 0.29) is 5.75 Å². The van der Waals surface area contributed by atoms with Gasteiger partial charge >= 0.3 is 0 Å². The molecule has 0 atom stereocenters. The summed E-state index contributed by atoms with van der Waals surface area (Å²) >= 11 is 8.67. The minimum atomic E-state index is -0.0140. The Hall–Kier alpha value is -0.210. The molecule has 1 radical (unpaired) electrons. The van der Waals surface area contributed by atoms with Crippen molar-refractivity contribution in [2.24, 2.45) is 0 Å². The Labute approximate surface area is 66.4 Å². The number of aromatic hydroxyl groups is 1. The van der Waals surface area contributed by atoms with Gasteiger partial charge in [0.15, 0.2) is 0 Å². The summed E-state index contributed by atoms with van der Waals surface area (Å²) in [7, 11) is 0. The number of benzene rings is 1. The van der Waals surface area contributed by atoms with Crippen LogP contribution in [0, 0.1) is 6.07 Å². The van der Waals surface area contributed by atoms with Crippen molar-refractivity contribution in [3.05, 3.63) is 27.7 Å². The van der Waals surface area contributed by atoms with Crippen molar-refractivity contribution in [3.63, 3.8) is 0 Å². The molecule has 1 aromatic carbocycles. The van der Waals surface area contributed by atoms with E-state index in [1.165, 1.54) is 0 Å². The van der Waals surface area contributed by atoms with Crippen LogP contribution in [0.3, 0.4) is 0 Å². The smallest absolute Gasteiger partial charge is 0.142 e. The molecule has 0 aliphatic rings. The van der Waals surface area contributed by atoms with Gasteiger partial charge in [-0.2, -0.15) is 0 Å². The minimum Gasteiger partial charge on any atom is -0.506 e. The molecule has 0 aliphatic heterocycles. The minimum absolute atomic E-state index is 0.0140. The van der Waals surface area contributed by atoms with Crippen molar-refractivity contribution >= 4 is 27.5 Å². The van der Waals surface area contributed by atoms with E-state index >= 15 is 0 Å². The Balaban J connectivity index is 3.17. The Kier molecular flexibility index (Phi) is 1.98. The molecule has 3 heteroatoms. The maximum Gasteiger partial charge on any atom is 0.142 e. The van der Waals surface area contributed by atoms with Gasteiger partial charge in [0.1, 0.15) is 5.75 Å². The zero-order valence-electron chi connectivity index (χ0n) is 4.36. The molecule has 0 fully saturated rings. The second-order valence-electron chi connectivity index (χ2n) is 1.51. The lowest BCUT2D eigenvalue weighted by Gasteiger charge is -1.93. The maximum absolute atomic E-state index is 8.84. The standard InChI is InChI=1S/C6H3BrClO/c7-4-1-2-6(9)5(8)3-4/h1,3,9H. The molecule has 1 aromatic rings. The van der Waals surface area contributed by atoms with E-state index in [0.717, 1.165) is 4.47 Å². The third-order valence-corrected chi connectivity index (χ3v) is 1.58. The first-order valence-corrected chi connectivity index (χ1v) is 3.43. The quantitative estimate of drug-likeness (QED) is 0.692. The molecule has 1 nitrogen and oxygen atoms in total. The highest BCUT2D eigenvalue weighted by Gasteiger charge is 1.95. The van der Waals surface area contributed by atoms with Gasteiger partial charge in [-0.05, 0) is 12.1 Å². The average molecular weight is 206 g/mol. The monoisotopic (exact) mass is 205 g/mol. The van der Waals surface area contributed by atoms with Crippen LogP contribution in [-0.4, -0.2) is 5.11 Å². The average Bonchev–Trinajstić information content (AvgIpc) is 1.80. The van der Waals surface area contributed by atoms with Crippen molar-refractivity contribution in [1.29, 1.82) is 0 Å². The van der Waals surface area contributed by atoms with Crippen LogP contribution in [-0.2, 0) is 0 Å². The summed E-state index contributed by atoms with van der Waals surface area (Å²) in [4.78, 5) is 0. The molecule has 0 bridgehead atoms. The number of halogens is 2. The summed E-state index contributed by atoms with van der Waals surface area (Å²) in [6.07, 6.45) is 0. The first-order valence-electron chi connectivity index (χ1n) is 2.26. The van der Waals surface area contributed by atoms with Crippen LogP contribution in [0.1, 0.15) is 0 Å². The molecule has 0 heterocycles. The van der Waals surface area contributed by atoms with Crippen LogP contribution >= 0.6 is 27.5 Å². The third kappa shape index (κ3) is 1.60. The molecule has 0 aromatic heterocycles. The zero-order valence-corrected chi connectivity index (χ0v) is 6.70. The van der Waals surface area contributed by atoms with Gasteiger partial charge in [0, 0.05) is 10.5 Å². The molecular weight excluding hydrogens is 203 g/mol. The third-order valence-electron chi connectivity index (χ3n) is 0.838. The first-order chi connectivity index (χ1) is 4.20. The van der Waals surface area contributed by atoms with Crippen molar-refractivity contribution in [1.82, 2.24) is 0 Å². The fourth-order valence-electron chi connectivity index (χ4n) is 0.437. The van der Waals surface area contributed by atoms with Crippen LogP contribution in [0.4, 0.5) is 0 Å². The molecule has 9 heavy (non-hydrogen) atoms. The molecule has 1 rings (SSSR count). The Morgan fingerprint density at radius 2 is 2.33 bits per heavy atom. The molecule has 0 unspecified atom stereocenters. The lowest BCUT2D eigenvalue weighted by atomic mass is 10.3. The number of hydrogen-bond acceptors (Lipinski definition) is 1. The Morgan fingerprint density at radius 1 is 1.67 bits per heavy atom. The second-order valence-corrected chi connectivity index (χ2v) is 2.84. The van der Waals surface area contributed by atoms with Gasteiger partial charge in [0.05, 0.1) is 5.02 Å². The van der Waals surface area contributed by atoms with Gasteiger partial charge in [0.2, 0.25) is 0 Å². The van der Waals surface area contributed by atoms with Crippen molar-refractivity contribution < 1.29 is 5.11 Å². The van der Waals surface area contributed by atoms with Crippen LogP contribution in [0.25, 0.3) is 0 Å². The molecular formula is C6H3BrClO. The van der Waals surface area contributed by atoms with E-state index in [4.69, 9.17) is 16.7 Å². The maximum atomic E-state index is 8.84. The van der Waals surface area contributed by atoms with E-state index in [0.29, 0.717) is 5.02 Å². The highest BCUT2D eigenvalue weighted by Crippen LogP contribution is 2.25. The molecule has 0 aliphatic carbocycles. The summed E-state index contributed by atoms with van der Waals surface area (Å²) in [6.45, 7) is 0. The van der Waals surface area contributed by atoms with Crippen LogP contribution in [0.2, 0.25) is 5.02 Å². The van der Waals surface area contributed by atoms with E-state index in [1.807, 2.05) is 0 Å². The normalized spacial score (nSPS) is 9.56. The van der Waals surface area contributed by atoms with Crippen molar-refractivity contribution in [2.45, 2.75) is 0 Å². The first kappa shape index (κ1) is 6.90. The van der Waals surface area contributed by atoms with Gasteiger partial charge < -0.3 is 5.11 Å². The molecule has 0 spiro atoms.